The molecule has 1 fully saturated rings. The van der Waals surface area contributed by atoms with Gasteiger partial charge in [-0.2, -0.15) is 0 Å². The smallest absolute Gasteiger partial charge is 0.137 e. The third kappa shape index (κ3) is 3.79. The molecular formula is C18H23ClN4O. The third-order valence-corrected chi connectivity index (χ3v) is 5.04. The Labute approximate surface area is 148 Å². The summed E-state index contributed by atoms with van der Waals surface area (Å²) in [5.74, 6) is 1.71. The lowest BCUT2D eigenvalue weighted by Gasteiger charge is -2.38. The Kier molecular flexibility index (Phi) is 5.53. The van der Waals surface area contributed by atoms with Gasteiger partial charge in [0.1, 0.15) is 17.9 Å². The molecule has 6 heteroatoms. The number of hydrogen-bond donors (Lipinski definition) is 0. The highest BCUT2D eigenvalue weighted by molar-refractivity contribution is 6.32. The number of aromatic nitrogens is 2. The number of halogens is 1. The molecule has 0 spiro atoms. The van der Waals surface area contributed by atoms with Gasteiger partial charge in [-0.25, -0.2) is 9.97 Å². The van der Waals surface area contributed by atoms with Gasteiger partial charge >= 0.3 is 0 Å². The van der Waals surface area contributed by atoms with Crippen molar-refractivity contribution in [2.24, 2.45) is 0 Å². The minimum Gasteiger partial charge on any atom is -0.495 e. The number of piperidine rings is 1. The fraction of sp³-hybridized carbons (Fsp3) is 0.444. The first-order valence-corrected chi connectivity index (χ1v) is 8.59. The molecule has 128 valence electrons. The second kappa shape index (κ2) is 7.81. The van der Waals surface area contributed by atoms with Crippen molar-refractivity contribution in [3.05, 3.63) is 47.4 Å². The molecule has 0 aliphatic carbocycles. The minimum absolute atomic E-state index is 0.443. The lowest BCUT2D eigenvalue weighted by Crippen LogP contribution is -2.46. The maximum Gasteiger partial charge on any atom is 0.137 e. The Morgan fingerprint density at radius 3 is 3.00 bits per heavy atom. The molecule has 1 atom stereocenters. The van der Waals surface area contributed by atoms with E-state index in [0.717, 1.165) is 36.8 Å². The topological polar surface area (TPSA) is 41.5 Å². The van der Waals surface area contributed by atoms with Crippen LogP contribution in [-0.2, 0) is 6.54 Å². The Morgan fingerprint density at radius 1 is 1.38 bits per heavy atom. The third-order valence-electron chi connectivity index (χ3n) is 4.61. The lowest BCUT2D eigenvalue weighted by atomic mass is 10.0. The monoisotopic (exact) mass is 346 g/mol. The number of rotatable bonds is 5. The second-order valence-electron chi connectivity index (χ2n) is 6.14. The predicted octanol–water partition coefficient (Wildman–Crippen LogP) is 3.24. The first-order chi connectivity index (χ1) is 11.7. The number of methoxy groups -OCH3 is 1. The maximum atomic E-state index is 6.44. The van der Waals surface area contributed by atoms with E-state index in [1.165, 1.54) is 12.8 Å². The summed E-state index contributed by atoms with van der Waals surface area (Å²) >= 11 is 6.44. The average Bonchev–Trinajstić information content (AvgIpc) is 2.64. The van der Waals surface area contributed by atoms with E-state index in [4.69, 9.17) is 16.3 Å². The van der Waals surface area contributed by atoms with Gasteiger partial charge in [0.05, 0.1) is 12.1 Å². The van der Waals surface area contributed by atoms with E-state index in [1.807, 2.05) is 18.2 Å². The van der Waals surface area contributed by atoms with Crippen molar-refractivity contribution in [2.75, 3.05) is 32.1 Å². The van der Waals surface area contributed by atoms with Gasteiger partial charge in [-0.3, -0.25) is 4.90 Å². The molecule has 1 aliphatic rings. The SMILES string of the molecule is COc1cccc(CN2CCCC(N(C)c3ccncn3)C2)c1Cl. The van der Waals surface area contributed by atoms with Gasteiger partial charge in [-0.15, -0.1) is 0 Å². The van der Waals surface area contributed by atoms with Crippen LogP contribution < -0.4 is 9.64 Å². The summed E-state index contributed by atoms with van der Waals surface area (Å²) < 4.78 is 5.32. The summed E-state index contributed by atoms with van der Waals surface area (Å²) in [6, 6.07) is 8.36. The van der Waals surface area contributed by atoms with Crippen molar-refractivity contribution in [3.63, 3.8) is 0 Å². The number of nitrogens with zero attached hydrogens (tertiary/aromatic N) is 4. The van der Waals surface area contributed by atoms with Gasteiger partial charge in [0.25, 0.3) is 0 Å². The number of ether oxygens (including phenoxy) is 1. The quantitative estimate of drug-likeness (QED) is 0.831. The zero-order chi connectivity index (χ0) is 16.9. The number of likely N-dealkylation sites (tertiary alicyclic amines) is 1. The summed E-state index contributed by atoms with van der Waals surface area (Å²) in [5, 5.41) is 0.714. The Balaban J connectivity index is 1.68. The van der Waals surface area contributed by atoms with Crippen LogP contribution in [0.3, 0.4) is 0 Å². The van der Waals surface area contributed by atoms with Crippen LogP contribution in [0.15, 0.2) is 36.8 Å². The molecular weight excluding hydrogens is 324 g/mol. The highest BCUT2D eigenvalue weighted by Gasteiger charge is 2.24. The lowest BCUT2D eigenvalue weighted by molar-refractivity contribution is 0.198. The van der Waals surface area contributed by atoms with Gasteiger partial charge in [-0.1, -0.05) is 23.7 Å². The largest absolute Gasteiger partial charge is 0.495 e. The average molecular weight is 347 g/mol. The Morgan fingerprint density at radius 2 is 2.25 bits per heavy atom. The number of benzene rings is 1. The molecule has 2 heterocycles. The van der Waals surface area contributed by atoms with E-state index >= 15 is 0 Å². The molecule has 0 bridgehead atoms. The van der Waals surface area contributed by atoms with Crippen LogP contribution in [0.25, 0.3) is 0 Å². The molecule has 2 aromatic rings. The van der Waals surface area contributed by atoms with E-state index in [-0.39, 0.29) is 0 Å². The fourth-order valence-corrected chi connectivity index (χ4v) is 3.51. The normalized spacial score (nSPS) is 18.4. The van der Waals surface area contributed by atoms with Crippen molar-refractivity contribution in [3.8, 4) is 5.75 Å². The minimum atomic E-state index is 0.443. The zero-order valence-corrected chi connectivity index (χ0v) is 14.9. The van der Waals surface area contributed by atoms with Gasteiger partial charge in [-0.05, 0) is 37.1 Å². The van der Waals surface area contributed by atoms with E-state index in [2.05, 4.69) is 32.9 Å². The molecule has 1 aliphatic heterocycles. The summed E-state index contributed by atoms with van der Waals surface area (Å²) in [6.07, 6.45) is 5.72. The molecule has 1 saturated heterocycles. The van der Waals surface area contributed by atoms with Crippen LogP contribution in [-0.4, -0.2) is 48.2 Å². The highest BCUT2D eigenvalue weighted by atomic mass is 35.5. The van der Waals surface area contributed by atoms with E-state index < -0.39 is 0 Å². The van der Waals surface area contributed by atoms with E-state index in [9.17, 15) is 0 Å². The van der Waals surface area contributed by atoms with Crippen LogP contribution in [0.1, 0.15) is 18.4 Å². The van der Waals surface area contributed by atoms with Crippen molar-refractivity contribution in [2.45, 2.75) is 25.4 Å². The van der Waals surface area contributed by atoms with Crippen molar-refractivity contribution in [1.82, 2.24) is 14.9 Å². The van der Waals surface area contributed by atoms with Crippen molar-refractivity contribution < 1.29 is 4.74 Å². The first kappa shape index (κ1) is 17.0. The fourth-order valence-electron chi connectivity index (χ4n) is 3.25. The molecule has 5 nitrogen and oxygen atoms in total. The van der Waals surface area contributed by atoms with Gasteiger partial charge in [0, 0.05) is 32.4 Å². The molecule has 24 heavy (non-hydrogen) atoms. The van der Waals surface area contributed by atoms with Crippen LogP contribution in [0.4, 0.5) is 5.82 Å². The molecule has 0 amide bonds. The molecule has 0 N–H and O–H groups in total. The van der Waals surface area contributed by atoms with Gasteiger partial charge in [0.2, 0.25) is 0 Å². The second-order valence-corrected chi connectivity index (χ2v) is 6.52. The van der Waals surface area contributed by atoms with E-state index in [0.29, 0.717) is 11.1 Å². The van der Waals surface area contributed by atoms with E-state index in [1.54, 1.807) is 19.6 Å². The highest BCUT2D eigenvalue weighted by Crippen LogP contribution is 2.29. The first-order valence-electron chi connectivity index (χ1n) is 8.21. The van der Waals surface area contributed by atoms with Crippen LogP contribution in [0.5, 0.6) is 5.75 Å². The van der Waals surface area contributed by atoms with Gasteiger partial charge in [0.15, 0.2) is 0 Å². The molecule has 3 rings (SSSR count). The Bertz CT molecular complexity index is 667. The molecule has 0 saturated carbocycles. The molecule has 1 unspecified atom stereocenters. The summed E-state index contributed by atoms with van der Waals surface area (Å²) in [6.45, 7) is 2.92. The van der Waals surface area contributed by atoms with Crippen LogP contribution in [0, 0.1) is 0 Å². The zero-order valence-electron chi connectivity index (χ0n) is 14.2. The standard InChI is InChI=1S/C18H23ClN4O/c1-22(17-8-9-20-13-21-17)15-6-4-10-23(12-15)11-14-5-3-7-16(24-2)18(14)19/h3,5,7-9,13,15H,4,6,10-12H2,1-2H3. The molecule has 1 aromatic heterocycles. The maximum absolute atomic E-state index is 6.44. The van der Waals surface area contributed by atoms with Crippen molar-refractivity contribution >= 4 is 17.4 Å². The summed E-state index contributed by atoms with van der Waals surface area (Å²) in [4.78, 5) is 13.1. The Hall–Kier alpha value is -1.85. The van der Waals surface area contributed by atoms with Gasteiger partial charge < -0.3 is 9.64 Å². The number of hydrogen-bond acceptors (Lipinski definition) is 5. The molecule has 1 aromatic carbocycles. The number of anilines is 1. The number of likely N-dealkylation sites (N-methyl/N-ethyl adjacent to an activating group) is 1. The summed E-state index contributed by atoms with van der Waals surface area (Å²) in [7, 11) is 3.76. The van der Waals surface area contributed by atoms with Crippen LogP contribution >= 0.6 is 11.6 Å². The predicted molar refractivity (Wildman–Crippen MR) is 96.7 cm³/mol. The van der Waals surface area contributed by atoms with Crippen molar-refractivity contribution in [1.29, 1.82) is 0 Å². The molecule has 0 radical (unpaired) electrons. The summed E-state index contributed by atoms with van der Waals surface area (Å²) in [5.41, 5.74) is 1.11. The van der Waals surface area contributed by atoms with Crippen LogP contribution in [0.2, 0.25) is 5.02 Å².